The van der Waals surface area contributed by atoms with Crippen LogP contribution in [0.3, 0.4) is 0 Å². The van der Waals surface area contributed by atoms with Crippen molar-refractivity contribution in [3.63, 3.8) is 0 Å². The number of hydrazine groups is 1. The van der Waals surface area contributed by atoms with Gasteiger partial charge in [0.05, 0.1) is 0 Å². The largest absolute Gasteiger partial charge is 0.396 e. The fourth-order valence-corrected chi connectivity index (χ4v) is 1.80. The molecule has 3 nitrogen and oxygen atoms in total. The van der Waals surface area contributed by atoms with Crippen molar-refractivity contribution >= 4 is 0 Å². The lowest BCUT2D eigenvalue weighted by Gasteiger charge is -2.28. The lowest BCUT2D eigenvalue weighted by atomic mass is 9.80. The molecule has 0 spiro atoms. The number of halogens is 1. The van der Waals surface area contributed by atoms with Crippen LogP contribution >= 0.6 is 0 Å². The molecule has 0 saturated heterocycles. The van der Waals surface area contributed by atoms with Crippen LogP contribution in [-0.2, 0) is 0 Å². The molecule has 0 aliphatic rings. The number of allylic oxidation sites excluding steroid dienone is 4. The van der Waals surface area contributed by atoms with Crippen LogP contribution in [0.5, 0.6) is 0 Å². The highest BCUT2D eigenvalue weighted by molar-refractivity contribution is 5.26. The van der Waals surface area contributed by atoms with Gasteiger partial charge in [0.1, 0.15) is 5.83 Å². The lowest BCUT2D eigenvalue weighted by Crippen LogP contribution is -2.29. The zero-order valence-electron chi connectivity index (χ0n) is 11.5. The number of aliphatic hydroxyl groups is 1. The van der Waals surface area contributed by atoms with Crippen LogP contribution < -0.4 is 5.84 Å². The Balaban J connectivity index is 4.42. The summed E-state index contributed by atoms with van der Waals surface area (Å²) < 4.78 is 13.5. The molecule has 0 saturated carbocycles. The molecular formula is C14H25FN2O. The highest BCUT2D eigenvalue weighted by Gasteiger charge is 2.25. The molecule has 3 N–H and O–H groups in total. The fourth-order valence-electron chi connectivity index (χ4n) is 1.80. The Hall–Kier alpha value is -0.970. The summed E-state index contributed by atoms with van der Waals surface area (Å²) in [6.45, 7) is 9.83. The number of rotatable bonds is 9. The highest BCUT2D eigenvalue weighted by atomic mass is 19.1. The average molecular weight is 256 g/mol. The van der Waals surface area contributed by atoms with E-state index in [-0.39, 0.29) is 17.8 Å². The second-order valence-electron chi connectivity index (χ2n) is 5.08. The van der Waals surface area contributed by atoms with Gasteiger partial charge >= 0.3 is 0 Å². The molecule has 0 aliphatic carbocycles. The molecule has 0 amide bonds. The number of nitrogens with two attached hydrogens (primary N) is 1. The maximum Gasteiger partial charge on any atom is 0.125 e. The van der Waals surface area contributed by atoms with Gasteiger partial charge in [-0.15, -0.1) is 0 Å². The maximum absolute atomic E-state index is 13.5. The Bertz CT molecular complexity index is 313. The van der Waals surface area contributed by atoms with E-state index in [1.165, 1.54) is 12.2 Å². The molecule has 0 fully saturated rings. The highest BCUT2D eigenvalue weighted by Crippen LogP contribution is 2.33. The van der Waals surface area contributed by atoms with Gasteiger partial charge in [0.15, 0.2) is 0 Å². The minimum absolute atomic E-state index is 0.00166. The van der Waals surface area contributed by atoms with E-state index in [0.29, 0.717) is 12.0 Å². The van der Waals surface area contributed by atoms with E-state index in [2.05, 4.69) is 13.2 Å². The molecule has 0 aliphatic heterocycles. The first-order valence-corrected chi connectivity index (χ1v) is 6.07. The summed E-state index contributed by atoms with van der Waals surface area (Å²) in [5.41, 5.74) is 0.0342. The molecule has 0 aromatic heterocycles. The van der Waals surface area contributed by atoms with E-state index in [4.69, 9.17) is 5.84 Å². The van der Waals surface area contributed by atoms with Crippen molar-refractivity contribution in [1.82, 2.24) is 5.01 Å². The first-order valence-electron chi connectivity index (χ1n) is 6.07. The van der Waals surface area contributed by atoms with Gasteiger partial charge in [0, 0.05) is 20.2 Å². The number of nitrogens with zero attached hydrogens (tertiary/aromatic N) is 1. The van der Waals surface area contributed by atoms with Gasteiger partial charge in [-0.2, -0.15) is 0 Å². The Morgan fingerprint density at radius 1 is 1.56 bits per heavy atom. The number of aliphatic hydroxyl groups excluding tert-OH is 1. The van der Waals surface area contributed by atoms with Crippen LogP contribution in [0.1, 0.15) is 26.2 Å². The Morgan fingerprint density at radius 2 is 2.17 bits per heavy atom. The summed E-state index contributed by atoms with van der Waals surface area (Å²) in [4.78, 5) is 0. The molecule has 0 aromatic rings. The fraction of sp³-hybridized carbons (Fsp3) is 0.571. The van der Waals surface area contributed by atoms with E-state index >= 15 is 0 Å². The minimum Gasteiger partial charge on any atom is -0.396 e. The van der Waals surface area contributed by atoms with Gasteiger partial charge in [-0.3, -0.25) is 10.9 Å². The molecule has 4 heteroatoms. The van der Waals surface area contributed by atoms with Crippen molar-refractivity contribution in [3.05, 3.63) is 36.7 Å². The van der Waals surface area contributed by atoms with E-state index in [9.17, 15) is 9.50 Å². The molecule has 0 rings (SSSR count). The topological polar surface area (TPSA) is 49.5 Å². The Kier molecular flexibility index (Phi) is 7.75. The zero-order valence-corrected chi connectivity index (χ0v) is 11.5. The second kappa shape index (κ2) is 8.19. The van der Waals surface area contributed by atoms with E-state index < -0.39 is 0 Å². The SMILES string of the molecule is C=C/C=C(/F)C(=C)CC(C)(CO)CCCN(C)N. The first kappa shape index (κ1) is 17.0. The molecule has 0 bridgehead atoms. The summed E-state index contributed by atoms with van der Waals surface area (Å²) in [6, 6.07) is 0. The normalized spacial score (nSPS) is 15.6. The molecule has 104 valence electrons. The Morgan fingerprint density at radius 3 is 2.61 bits per heavy atom. The molecule has 0 heterocycles. The Labute approximate surface area is 109 Å². The van der Waals surface area contributed by atoms with Crippen molar-refractivity contribution in [2.45, 2.75) is 26.2 Å². The van der Waals surface area contributed by atoms with Crippen LogP contribution in [0.15, 0.2) is 36.7 Å². The van der Waals surface area contributed by atoms with Crippen LogP contribution in [0.25, 0.3) is 0 Å². The van der Waals surface area contributed by atoms with Crippen molar-refractivity contribution < 1.29 is 9.50 Å². The zero-order chi connectivity index (χ0) is 14.2. The summed E-state index contributed by atoms with van der Waals surface area (Å²) in [7, 11) is 1.79. The van der Waals surface area contributed by atoms with Crippen LogP contribution in [-0.4, -0.2) is 30.3 Å². The lowest BCUT2D eigenvalue weighted by molar-refractivity contribution is 0.125. The van der Waals surface area contributed by atoms with E-state index in [1.54, 1.807) is 12.1 Å². The number of hydrogen-bond donors (Lipinski definition) is 2. The van der Waals surface area contributed by atoms with Gasteiger partial charge in [-0.25, -0.2) is 4.39 Å². The van der Waals surface area contributed by atoms with Crippen LogP contribution in [0.2, 0.25) is 0 Å². The van der Waals surface area contributed by atoms with E-state index in [1.807, 2.05) is 6.92 Å². The standard InChI is InChI=1S/C14H25FN2O/c1-5-7-13(15)12(2)10-14(3,11-18)8-6-9-17(4)16/h5,7,18H,1-2,6,8-11,16H2,3-4H3/b13-7+. The van der Waals surface area contributed by atoms with Crippen molar-refractivity contribution in [3.8, 4) is 0 Å². The predicted molar refractivity (Wildman–Crippen MR) is 74.4 cm³/mol. The molecule has 0 aromatic carbocycles. The third kappa shape index (κ3) is 6.69. The summed E-state index contributed by atoms with van der Waals surface area (Å²) in [5.74, 6) is 5.15. The molecule has 1 atom stereocenters. The van der Waals surface area contributed by atoms with Crippen molar-refractivity contribution in [1.29, 1.82) is 0 Å². The summed E-state index contributed by atoms with van der Waals surface area (Å²) >= 11 is 0. The monoisotopic (exact) mass is 256 g/mol. The van der Waals surface area contributed by atoms with Gasteiger partial charge < -0.3 is 5.11 Å². The predicted octanol–water partition coefficient (Wildman–Crippen LogP) is 2.56. The second-order valence-corrected chi connectivity index (χ2v) is 5.08. The molecule has 0 radical (unpaired) electrons. The van der Waals surface area contributed by atoms with Crippen molar-refractivity contribution in [2.75, 3.05) is 20.2 Å². The maximum atomic E-state index is 13.5. The summed E-state index contributed by atoms with van der Waals surface area (Å²) in [5, 5.41) is 11.1. The van der Waals surface area contributed by atoms with Crippen LogP contribution in [0.4, 0.5) is 4.39 Å². The van der Waals surface area contributed by atoms with Gasteiger partial charge in [0.25, 0.3) is 0 Å². The van der Waals surface area contributed by atoms with Gasteiger partial charge in [-0.05, 0) is 36.3 Å². The summed E-state index contributed by atoms with van der Waals surface area (Å²) in [6.07, 6.45) is 4.72. The third-order valence-corrected chi connectivity index (χ3v) is 2.91. The van der Waals surface area contributed by atoms with Crippen LogP contribution in [0, 0.1) is 5.41 Å². The van der Waals surface area contributed by atoms with E-state index in [0.717, 1.165) is 19.4 Å². The average Bonchev–Trinajstić information content (AvgIpc) is 2.28. The minimum atomic E-state index is -0.374. The number of hydrogen-bond acceptors (Lipinski definition) is 3. The van der Waals surface area contributed by atoms with Crippen molar-refractivity contribution in [2.24, 2.45) is 11.3 Å². The smallest absolute Gasteiger partial charge is 0.125 e. The van der Waals surface area contributed by atoms with Gasteiger partial charge in [0.2, 0.25) is 0 Å². The first-order chi connectivity index (χ1) is 8.34. The third-order valence-electron chi connectivity index (χ3n) is 2.91. The molecular weight excluding hydrogens is 231 g/mol. The molecule has 18 heavy (non-hydrogen) atoms. The van der Waals surface area contributed by atoms with Gasteiger partial charge in [-0.1, -0.05) is 26.2 Å². The quantitative estimate of drug-likeness (QED) is 0.379. The molecule has 1 unspecified atom stereocenters.